The number of carbonyl (C=O) groups is 2. The fraction of sp³-hybridized carbons (Fsp3) is 0.486. The van der Waals surface area contributed by atoms with Crippen molar-refractivity contribution in [3.8, 4) is 11.8 Å². The first kappa shape index (κ1) is 34.2. The lowest BCUT2D eigenvalue weighted by Gasteiger charge is -2.36. The molecule has 2 heterocycles. The Morgan fingerprint density at radius 3 is 2.40 bits per heavy atom. The van der Waals surface area contributed by atoms with Crippen LogP contribution in [0.3, 0.4) is 0 Å². The number of rotatable bonds is 15. The number of aromatic nitrogens is 1. The molecule has 2 aromatic rings. The maximum Gasteiger partial charge on any atom is 0.339 e. The Morgan fingerprint density at radius 1 is 0.953 bits per heavy atom. The van der Waals surface area contributed by atoms with Crippen molar-refractivity contribution in [2.45, 2.75) is 114 Å². The topological polar surface area (TPSA) is 65.5 Å². The Balaban J connectivity index is 1.41. The van der Waals surface area contributed by atoms with Gasteiger partial charge in [0.15, 0.2) is 5.44 Å². The largest absolute Gasteiger partial charge is 0.462 e. The van der Waals surface area contributed by atoms with Crippen molar-refractivity contribution in [2.75, 3.05) is 6.61 Å². The highest BCUT2D eigenvalue weighted by molar-refractivity contribution is 7.99. The molecule has 230 valence electrons. The first-order chi connectivity index (χ1) is 20.8. The van der Waals surface area contributed by atoms with Gasteiger partial charge in [0.25, 0.3) is 0 Å². The van der Waals surface area contributed by atoms with E-state index >= 15 is 0 Å². The van der Waals surface area contributed by atoms with E-state index in [1.807, 2.05) is 6.07 Å². The number of hydrogen-bond acceptors (Lipinski definition) is 6. The molecule has 1 aromatic carbocycles. The first-order valence-electron chi connectivity index (χ1n) is 15.8. The summed E-state index contributed by atoms with van der Waals surface area (Å²) in [4.78, 5) is 29.8. The summed E-state index contributed by atoms with van der Waals surface area (Å²) in [6, 6.07) is 9.59. The molecule has 1 unspecified atom stereocenters. The summed E-state index contributed by atoms with van der Waals surface area (Å²) >= 11 is 1.62. The quantitative estimate of drug-likeness (QED) is 0.0877. The van der Waals surface area contributed by atoms with Crippen LogP contribution < -0.4 is 0 Å². The number of hydrogen-bond donors (Lipinski definition) is 0. The van der Waals surface area contributed by atoms with Crippen LogP contribution >= 0.6 is 11.8 Å². The number of nitrogens with zero attached hydrogens (tertiary/aromatic N) is 1. The predicted octanol–water partition coefficient (Wildman–Crippen LogP) is 9.33. The fourth-order valence-electron chi connectivity index (χ4n) is 4.85. The minimum absolute atomic E-state index is 0.105. The van der Waals surface area contributed by atoms with Crippen LogP contribution in [0.4, 0.5) is 0 Å². The van der Waals surface area contributed by atoms with Crippen LogP contribution in [0.1, 0.15) is 126 Å². The smallest absolute Gasteiger partial charge is 0.339 e. The second-order valence-corrected chi connectivity index (χ2v) is 12.7. The zero-order valence-electron chi connectivity index (χ0n) is 26.3. The summed E-state index contributed by atoms with van der Waals surface area (Å²) in [5, 5.41) is 0. The second-order valence-electron chi connectivity index (χ2n) is 11.5. The van der Waals surface area contributed by atoms with Crippen molar-refractivity contribution in [3.05, 3.63) is 83.2 Å². The van der Waals surface area contributed by atoms with Crippen molar-refractivity contribution in [1.82, 2.24) is 4.98 Å². The highest BCUT2D eigenvalue weighted by Crippen LogP contribution is 2.46. The Morgan fingerprint density at radius 2 is 1.70 bits per heavy atom. The molecule has 0 radical (unpaired) electrons. The van der Waals surface area contributed by atoms with E-state index in [4.69, 9.17) is 9.47 Å². The molecule has 0 aliphatic carbocycles. The van der Waals surface area contributed by atoms with E-state index in [1.165, 1.54) is 31.0 Å². The third kappa shape index (κ3) is 12.1. The molecule has 0 amide bonds. The van der Waals surface area contributed by atoms with E-state index in [0.717, 1.165) is 55.4 Å². The predicted molar refractivity (Wildman–Crippen MR) is 176 cm³/mol. The number of unbranched alkanes of at least 4 members (excludes halogenated alkanes) is 6. The summed E-state index contributed by atoms with van der Waals surface area (Å²) in [5.74, 6) is 5.79. The van der Waals surface area contributed by atoms with E-state index in [0.29, 0.717) is 24.3 Å². The maximum atomic E-state index is 12.6. The monoisotopic (exact) mass is 601 g/mol. The van der Waals surface area contributed by atoms with Crippen molar-refractivity contribution in [3.63, 3.8) is 0 Å². The standard InChI is InChI=1S/C37H47NO4S/c1-5-7-8-9-10-11-12-13-14-15-16-17-18-19-34(39)42-35-27-37(3,4)32-26-29(21-25-33(32)43-35)20-23-31-24-22-30(28-38-31)36(40)41-6-2/h9-10,13-14,21-22,24-26,28,35H,5-8,11-12,15-19,27H2,1-4H3. The number of thioether (sulfide) groups is 1. The van der Waals surface area contributed by atoms with E-state index in [9.17, 15) is 9.59 Å². The van der Waals surface area contributed by atoms with Gasteiger partial charge in [-0.25, -0.2) is 9.78 Å². The molecule has 0 saturated carbocycles. The van der Waals surface area contributed by atoms with Crippen LogP contribution in [0.2, 0.25) is 0 Å². The molecular formula is C37H47NO4S. The molecule has 0 fully saturated rings. The molecule has 0 N–H and O–H groups in total. The third-order valence-electron chi connectivity index (χ3n) is 7.33. The van der Waals surface area contributed by atoms with E-state index < -0.39 is 0 Å². The number of ether oxygens (including phenoxy) is 2. The zero-order valence-corrected chi connectivity index (χ0v) is 27.1. The molecule has 1 aliphatic rings. The van der Waals surface area contributed by atoms with E-state index in [2.05, 4.69) is 74.0 Å². The average Bonchev–Trinajstić information content (AvgIpc) is 2.98. The van der Waals surface area contributed by atoms with Crippen molar-refractivity contribution < 1.29 is 19.1 Å². The molecule has 1 aromatic heterocycles. The third-order valence-corrected chi connectivity index (χ3v) is 8.46. The second kappa shape index (κ2) is 18.4. The highest BCUT2D eigenvalue weighted by Gasteiger charge is 2.35. The van der Waals surface area contributed by atoms with E-state index in [1.54, 1.807) is 30.8 Å². The summed E-state index contributed by atoms with van der Waals surface area (Å²) in [6.45, 7) is 8.70. The van der Waals surface area contributed by atoms with Gasteiger partial charge < -0.3 is 9.47 Å². The molecule has 5 nitrogen and oxygen atoms in total. The minimum Gasteiger partial charge on any atom is -0.462 e. The van der Waals surface area contributed by atoms with Crippen LogP contribution in [0.25, 0.3) is 0 Å². The lowest BCUT2D eigenvalue weighted by molar-refractivity contribution is -0.145. The van der Waals surface area contributed by atoms with Gasteiger partial charge in [0.05, 0.1) is 12.2 Å². The van der Waals surface area contributed by atoms with Crippen LogP contribution in [0.15, 0.2) is 65.7 Å². The first-order valence-corrected chi connectivity index (χ1v) is 16.7. The van der Waals surface area contributed by atoms with Gasteiger partial charge in [0, 0.05) is 29.5 Å². The molecule has 1 atom stereocenters. The minimum atomic E-state index is -0.386. The maximum absolute atomic E-state index is 12.6. The molecule has 1 aliphatic heterocycles. The highest BCUT2D eigenvalue weighted by atomic mass is 32.2. The van der Waals surface area contributed by atoms with Gasteiger partial charge >= 0.3 is 11.9 Å². The van der Waals surface area contributed by atoms with Gasteiger partial charge in [-0.2, -0.15) is 0 Å². The molecular weight excluding hydrogens is 554 g/mol. The normalized spacial score (nSPS) is 15.6. The zero-order chi connectivity index (χ0) is 30.9. The number of pyridine rings is 1. The molecule has 0 saturated heterocycles. The molecule has 0 spiro atoms. The number of benzene rings is 1. The number of fused-ring (bicyclic) bond motifs is 1. The van der Waals surface area contributed by atoms with Gasteiger partial charge in [-0.05, 0) is 92.7 Å². The number of esters is 2. The molecule has 0 bridgehead atoms. The van der Waals surface area contributed by atoms with Crippen molar-refractivity contribution in [1.29, 1.82) is 0 Å². The lowest BCUT2D eigenvalue weighted by atomic mass is 9.80. The Hall–Kier alpha value is -3.30. The molecule has 6 heteroatoms. The molecule has 43 heavy (non-hydrogen) atoms. The number of carbonyl (C=O) groups excluding carboxylic acids is 2. The van der Waals surface area contributed by atoms with Crippen LogP contribution in [0.5, 0.6) is 0 Å². The Kier molecular flexibility index (Phi) is 14.6. The van der Waals surface area contributed by atoms with Gasteiger partial charge in [-0.15, -0.1) is 0 Å². The van der Waals surface area contributed by atoms with Crippen LogP contribution in [-0.2, 0) is 19.7 Å². The van der Waals surface area contributed by atoms with Gasteiger partial charge in [0.1, 0.15) is 5.69 Å². The number of allylic oxidation sites excluding steroid dienone is 4. The fourth-order valence-corrected chi connectivity index (χ4v) is 6.40. The Labute approximate surface area is 262 Å². The van der Waals surface area contributed by atoms with E-state index in [-0.39, 0.29) is 22.8 Å². The summed E-state index contributed by atoms with van der Waals surface area (Å²) in [5.41, 5.74) is 2.77. The van der Waals surface area contributed by atoms with Gasteiger partial charge in [-0.1, -0.05) is 82.0 Å². The Bertz CT molecular complexity index is 1300. The summed E-state index contributed by atoms with van der Waals surface area (Å²) in [6.07, 6.45) is 21.9. The summed E-state index contributed by atoms with van der Waals surface area (Å²) < 4.78 is 10.9. The van der Waals surface area contributed by atoms with Crippen molar-refractivity contribution in [2.24, 2.45) is 0 Å². The average molecular weight is 602 g/mol. The van der Waals surface area contributed by atoms with Crippen LogP contribution in [-0.4, -0.2) is 29.0 Å². The van der Waals surface area contributed by atoms with Gasteiger partial charge in [-0.3, -0.25) is 4.79 Å². The SMILES string of the molecule is CCCCC=CCCC=CCCCCCC(=O)OC1CC(C)(C)c2cc(C#Cc3ccc(C(=O)OCC)cn3)ccc2S1. The van der Waals surface area contributed by atoms with Crippen molar-refractivity contribution >= 4 is 23.7 Å². The lowest BCUT2D eigenvalue weighted by Crippen LogP contribution is -2.31. The van der Waals surface area contributed by atoms with Gasteiger partial charge in [0.2, 0.25) is 0 Å². The molecule has 3 rings (SSSR count). The van der Waals surface area contributed by atoms with Crippen LogP contribution in [0, 0.1) is 11.8 Å². The summed E-state index contributed by atoms with van der Waals surface area (Å²) in [7, 11) is 0.